The van der Waals surface area contributed by atoms with Crippen LogP contribution in [0.15, 0.2) is 59.6 Å². The number of nitro benzene ring substituents is 1. The summed E-state index contributed by atoms with van der Waals surface area (Å²) in [5.41, 5.74) is 11.7. The highest BCUT2D eigenvalue weighted by Crippen LogP contribution is 2.17. The molecule has 0 unspecified atom stereocenters. The topological polar surface area (TPSA) is 270 Å². The summed E-state index contributed by atoms with van der Waals surface area (Å²) >= 11 is 0. The average molecular weight is 645 g/mol. The van der Waals surface area contributed by atoms with Crippen molar-refractivity contribution in [3.63, 3.8) is 0 Å². The maximum atomic E-state index is 12.9. The Bertz CT molecular complexity index is 1340. The van der Waals surface area contributed by atoms with Crippen molar-refractivity contribution in [2.45, 2.75) is 52.3 Å². The quantitative estimate of drug-likeness (QED) is 0.0474. The maximum absolute atomic E-state index is 12.9. The number of carbonyl (C=O) groups excluding carboxylic acids is 4. The number of nitro groups is 1. The Morgan fingerprint density at radius 3 is 2.15 bits per heavy atom. The Labute approximate surface area is 265 Å². The lowest BCUT2D eigenvalue weighted by atomic mass is 10.0. The normalized spacial score (nSPS) is 11.4. The van der Waals surface area contributed by atoms with Crippen LogP contribution in [0.5, 0.6) is 0 Å². The minimum absolute atomic E-state index is 0.0185. The number of non-ortho nitro benzene ring substituents is 1. The van der Waals surface area contributed by atoms with Crippen LogP contribution in [-0.2, 0) is 30.5 Å². The van der Waals surface area contributed by atoms with Gasteiger partial charge in [-0.05, 0) is 36.5 Å². The zero-order valence-corrected chi connectivity index (χ0v) is 25.7. The number of guanidine groups is 1. The van der Waals surface area contributed by atoms with Crippen LogP contribution in [-0.4, -0.2) is 70.9 Å². The molecule has 0 aliphatic heterocycles. The molecule has 0 saturated heterocycles. The third kappa shape index (κ3) is 16.2. The molecular formula is C29H40N8O9. The number of imide groups is 1. The smallest absolute Gasteiger partial charge is 0.408 e. The number of amides is 4. The number of benzene rings is 2. The minimum Gasteiger partial charge on any atom is -0.481 e. The number of nitrogens with two attached hydrogens (primary N) is 2. The Morgan fingerprint density at radius 2 is 1.61 bits per heavy atom. The number of aliphatic carboxylic acids is 1. The highest BCUT2D eigenvalue weighted by atomic mass is 16.6. The highest BCUT2D eigenvalue weighted by molar-refractivity contribution is 6.01. The summed E-state index contributed by atoms with van der Waals surface area (Å²) in [6.07, 6.45) is -0.208. The molecule has 9 N–H and O–H groups in total. The molecular weight excluding hydrogens is 604 g/mol. The second-order valence-corrected chi connectivity index (χ2v) is 10.0. The van der Waals surface area contributed by atoms with E-state index in [1.54, 1.807) is 38.1 Å². The fourth-order valence-electron chi connectivity index (χ4n) is 3.63. The van der Waals surface area contributed by atoms with E-state index in [1.807, 2.05) is 6.07 Å². The lowest BCUT2D eigenvalue weighted by molar-refractivity contribution is -0.384. The van der Waals surface area contributed by atoms with Crippen LogP contribution in [0.2, 0.25) is 0 Å². The number of ether oxygens (including phenoxy) is 1. The van der Waals surface area contributed by atoms with E-state index in [0.717, 1.165) is 12.5 Å². The monoisotopic (exact) mass is 644 g/mol. The second-order valence-electron chi connectivity index (χ2n) is 10.0. The van der Waals surface area contributed by atoms with Crippen LogP contribution in [0.4, 0.5) is 16.2 Å². The number of carbonyl (C=O) groups is 5. The molecule has 250 valence electrons. The largest absolute Gasteiger partial charge is 0.481 e. The molecule has 0 fully saturated rings. The molecule has 0 aliphatic carbocycles. The summed E-state index contributed by atoms with van der Waals surface area (Å²) in [5, 5.41) is 28.4. The lowest BCUT2D eigenvalue weighted by Crippen LogP contribution is -2.52. The maximum Gasteiger partial charge on any atom is 0.408 e. The molecule has 17 heteroatoms. The number of hydrogen-bond donors (Lipinski definition) is 7. The number of nitrogens with zero attached hydrogens (tertiary/aromatic N) is 2. The van der Waals surface area contributed by atoms with Gasteiger partial charge in [-0.2, -0.15) is 0 Å². The van der Waals surface area contributed by atoms with Gasteiger partial charge in [-0.25, -0.2) is 4.79 Å². The lowest BCUT2D eigenvalue weighted by Gasteiger charge is -2.22. The fourth-order valence-corrected chi connectivity index (χ4v) is 3.63. The van der Waals surface area contributed by atoms with Crippen molar-refractivity contribution in [1.82, 2.24) is 16.0 Å². The molecule has 0 bridgehead atoms. The second kappa shape index (κ2) is 20.3. The van der Waals surface area contributed by atoms with Crippen molar-refractivity contribution in [3.8, 4) is 0 Å². The number of nitrogens with one attached hydrogen (secondary N) is 4. The summed E-state index contributed by atoms with van der Waals surface area (Å²) in [6, 6.07) is 12.5. The third-order valence-electron chi connectivity index (χ3n) is 5.80. The molecule has 0 aromatic heterocycles. The number of hydrogen-bond acceptors (Lipinski definition) is 10. The van der Waals surface area contributed by atoms with E-state index >= 15 is 0 Å². The molecule has 4 amide bonds. The highest BCUT2D eigenvalue weighted by Gasteiger charge is 2.26. The Morgan fingerprint density at radius 1 is 1.00 bits per heavy atom. The van der Waals surface area contributed by atoms with E-state index in [-0.39, 0.29) is 37.1 Å². The molecule has 46 heavy (non-hydrogen) atoms. The van der Waals surface area contributed by atoms with Crippen LogP contribution in [0, 0.1) is 16.0 Å². The van der Waals surface area contributed by atoms with Crippen molar-refractivity contribution < 1.29 is 38.7 Å². The van der Waals surface area contributed by atoms with Gasteiger partial charge < -0.3 is 37.3 Å². The van der Waals surface area contributed by atoms with Crippen LogP contribution >= 0.6 is 0 Å². The zero-order chi connectivity index (χ0) is 34.6. The fraction of sp³-hybridized carbons (Fsp3) is 0.379. The van der Waals surface area contributed by atoms with E-state index in [0.29, 0.717) is 12.1 Å². The number of carboxylic acids is 1. The number of rotatable bonds is 15. The van der Waals surface area contributed by atoms with Crippen molar-refractivity contribution in [2.24, 2.45) is 22.4 Å². The van der Waals surface area contributed by atoms with Crippen LogP contribution < -0.4 is 32.7 Å². The average Bonchev–Trinajstić information content (AvgIpc) is 2.99. The van der Waals surface area contributed by atoms with Gasteiger partial charge in [0.05, 0.1) is 11.5 Å². The predicted octanol–water partition coefficient (Wildman–Crippen LogP) is 1.23. The van der Waals surface area contributed by atoms with Crippen molar-refractivity contribution in [3.05, 3.63) is 70.3 Å². The molecule has 0 radical (unpaired) electrons. The summed E-state index contributed by atoms with van der Waals surface area (Å²) in [6.45, 7) is 4.22. The predicted molar refractivity (Wildman–Crippen MR) is 168 cm³/mol. The van der Waals surface area contributed by atoms with Crippen molar-refractivity contribution in [1.29, 1.82) is 0 Å². The Hall–Kier alpha value is -5.74. The summed E-state index contributed by atoms with van der Waals surface area (Å²) in [7, 11) is 0. The molecule has 2 aromatic carbocycles. The van der Waals surface area contributed by atoms with Gasteiger partial charge in [0.2, 0.25) is 17.7 Å². The van der Waals surface area contributed by atoms with Crippen molar-refractivity contribution in [2.75, 3.05) is 18.4 Å². The summed E-state index contributed by atoms with van der Waals surface area (Å²) in [5.74, 6) is -3.40. The molecule has 0 saturated carbocycles. The van der Waals surface area contributed by atoms with E-state index in [2.05, 4.69) is 26.3 Å². The Balaban J connectivity index is 0.00000249. The number of aliphatic imine (C=N–C) groups is 1. The molecule has 2 rings (SSSR count). The van der Waals surface area contributed by atoms with Gasteiger partial charge in [0.15, 0.2) is 5.96 Å². The van der Waals surface area contributed by atoms with Gasteiger partial charge in [-0.3, -0.25) is 39.6 Å². The van der Waals surface area contributed by atoms with Gasteiger partial charge in [-0.1, -0.05) is 44.2 Å². The van der Waals surface area contributed by atoms with Gasteiger partial charge in [0.25, 0.3) is 11.7 Å². The molecule has 2 aromatic rings. The van der Waals surface area contributed by atoms with Gasteiger partial charge in [-0.15, -0.1) is 0 Å². The summed E-state index contributed by atoms with van der Waals surface area (Å²) in [4.78, 5) is 73.6. The van der Waals surface area contributed by atoms with Crippen LogP contribution in [0.25, 0.3) is 0 Å². The first-order valence-corrected chi connectivity index (χ1v) is 14.0. The minimum atomic E-state index is -0.996. The first-order valence-electron chi connectivity index (χ1n) is 14.0. The van der Waals surface area contributed by atoms with Gasteiger partial charge >= 0.3 is 6.09 Å². The molecule has 2 atom stereocenters. The molecule has 0 heterocycles. The van der Waals surface area contributed by atoms with Gasteiger partial charge in [0, 0.05) is 31.3 Å². The number of carboxylic acid groups (broad SMARTS) is 1. The van der Waals surface area contributed by atoms with Crippen LogP contribution in [0.1, 0.15) is 39.2 Å². The molecule has 0 aliphatic rings. The zero-order valence-electron chi connectivity index (χ0n) is 25.7. The molecule has 0 spiro atoms. The van der Waals surface area contributed by atoms with Crippen LogP contribution in [0.3, 0.4) is 0 Å². The standard InChI is InChI=1S/C27H36N8O7.C2H4O2/c1-17(2)23(34-27(39)42-16-18-7-4-3-5-8-18)25(38)31-15-22(36)33-24(37)21(9-6-14-30-26(28)29)32-19-10-12-20(13-11-19)35(40)41;1-2(3)4/h3-5,7-8,10-13,17,21,23,32H,6,9,14-16H2,1-2H3,(H,31,38)(H,34,39)(H4,28,29,30)(H,33,36,37);1H3,(H,3,4)/t21-,23-;/m0./s1. The van der Waals surface area contributed by atoms with E-state index in [1.165, 1.54) is 24.3 Å². The van der Waals surface area contributed by atoms with E-state index in [4.69, 9.17) is 26.1 Å². The third-order valence-corrected chi connectivity index (χ3v) is 5.80. The van der Waals surface area contributed by atoms with E-state index < -0.39 is 53.3 Å². The SMILES string of the molecule is CC(=O)O.CC(C)[C@H](NC(=O)OCc1ccccc1)C(=O)NCC(=O)NC(=O)[C@H](CCCN=C(N)N)Nc1ccc([N+](=O)[O-])cc1. The Kier molecular flexibility index (Phi) is 16.9. The number of alkyl carbamates (subject to hydrolysis) is 1. The van der Waals surface area contributed by atoms with E-state index in [9.17, 15) is 29.3 Å². The first-order chi connectivity index (χ1) is 21.7. The molecule has 17 nitrogen and oxygen atoms in total. The van der Waals surface area contributed by atoms with Crippen molar-refractivity contribution >= 4 is 47.1 Å². The summed E-state index contributed by atoms with van der Waals surface area (Å²) < 4.78 is 5.17. The number of anilines is 1. The first kappa shape index (κ1) is 38.3. The van der Waals surface area contributed by atoms with Gasteiger partial charge in [0.1, 0.15) is 18.7 Å².